The van der Waals surface area contributed by atoms with Crippen LogP contribution in [0, 0.1) is 0 Å². The molecule has 0 aromatic heterocycles. The molecule has 0 saturated carbocycles. The van der Waals surface area contributed by atoms with Gasteiger partial charge in [-0.3, -0.25) is 4.55 Å². The Balaban J connectivity index is 2.11. The van der Waals surface area contributed by atoms with Crippen molar-refractivity contribution >= 4 is 15.8 Å². The molecule has 0 spiro atoms. The summed E-state index contributed by atoms with van der Waals surface area (Å²) in [6.45, 7) is 0.593. The Morgan fingerprint density at radius 3 is 2.39 bits per heavy atom. The molecule has 0 aliphatic carbocycles. The first-order chi connectivity index (χ1) is 8.55. The van der Waals surface area contributed by atoms with Crippen LogP contribution in [0.15, 0.2) is 59.5 Å². The van der Waals surface area contributed by atoms with Gasteiger partial charge in [-0.2, -0.15) is 8.42 Å². The van der Waals surface area contributed by atoms with Crippen LogP contribution in [-0.4, -0.2) is 13.0 Å². The molecule has 0 amide bonds. The van der Waals surface area contributed by atoms with E-state index in [4.69, 9.17) is 4.55 Å². The largest absolute Gasteiger partial charge is 0.381 e. The van der Waals surface area contributed by atoms with Gasteiger partial charge in [-0.15, -0.1) is 0 Å². The van der Waals surface area contributed by atoms with Crippen molar-refractivity contribution in [3.8, 4) is 0 Å². The topological polar surface area (TPSA) is 66.4 Å². The summed E-state index contributed by atoms with van der Waals surface area (Å²) in [5, 5.41) is 3.10. The fourth-order valence-corrected chi connectivity index (χ4v) is 2.09. The fraction of sp³-hybridized carbons (Fsp3) is 0.0769. The summed E-state index contributed by atoms with van der Waals surface area (Å²) in [6.07, 6.45) is 0. The number of hydrogen-bond acceptors (Lipinski definition) is 3. The van der Waals surface area contributed by atoms with Crippen molar-refractivity contribution in [2.75, 3.05) is 5.32 Å². The van der Waals surface area contributed by atoms with Crippen molar-refractivity contribution < 1.29 is 13.0 Å². The van der Waals surface area contributed by atoms with Crippen LogP contribution in [0.1, 0.15) is 5.56 Å². The lowest BCUT2D eigenvalue weighted by Gasteiger charge is -2.07. The van der Waals surface area contributed by atoms with Crippen LogP contribution >= 0.6 is 0 Å². The normalized spacial score (nSPS) is 11.2. The Kier molecular flexibility index (Phi) is 3.64. The molecule has 0 aliphatic heterocycles. The second-order valence-electron chi connectivity index (χ2n) is 3.84. The van der Waals surface area contributed by atoms with Gasteiger partial charge in [0.05, 0.1) is 4.90 Å². The fourth-order valence-electron chi connectivity index (χ4n) is 1.57. The van der Waals surface area contributed by atoms with Crippen LogP contribution in [0.25, 0.3) is 0 Å². The first-order valence-corrected chi connectivity index (χ1v) is 6.85. The predicted octanol–water partition coefficient (Wildman–Crippen LogP) is 2.55. The third-order valence-electron chi connectivity index (χ3n) is 2.47. The van der Waals surface area contributed by atoms with E-state index in [1.54, 1.807) is 12.1 Å². The highest BCUT2D eigenvalue weighted by Gasteiger charge is 2.09. The maximum absolute atomic E-state index is 11.0. The van der Waals surface area contributed by atoms with Crippen LogP contribution in [0.5, 0.6) is 0 Å². The summed E-state index contributed by atoms with van der Waals surface area (Å²) in [6, 6.07) is 15.8. The minimum Gasteiger partial charge on any atom is -0.381 e. The van der Waals surface area contributed by atoms with Crippen LogP contribution in [0.2, 0.25) is 0 Å². The van der Waals surface area contributed by atoms with Crippen LogP contribution in [-0.2, 0) is 16.7 Å². The second-order valence-corrected chi connectivity index (χ2v) is 5.26. The number of hydrogen-bond donors (Lipinski definition) is 2. The van der Waals surface area contributed by atoms with Crippen molar-refractivity contribution in [1.82, 2.24) is 0 Å². The molecule has 0 fully saturated rings. The van der Waals surface area contributed by atoms with Crippen LogP contribution in [0.3, 0.4) is 0 Å². The second kappa shape index (κ2) is 5.20. The van der Waals surface area contributed by atoms with Crippen molar-refractivity contribution in [2.45, 2.75) is 11.4 Å². The molecule has 4 nitrogen and oxygen atoms in total. The Labute approximate surface area is 106 Å². The predicted molar refractivity (Wildman–Crippen MR) is 70.0 cm³/mol. The van der Waals surface area contributed by atoms with E-state index >= 15 is 0 Å². The Morgan fingerprint density at radius 1 is 1.00 bits per heavy atom. The number of anilines is 1. The van der Waals surface area contributed by atoms with Gasteiger partial charge in [-0.25, -0.2) is 0 Å². The molecule has 2 aromatic rings. The molecule has 2 N–H and O–H groups in total. The molecule has 2 aromatic carbocycles. The zero-order valence-electron chi connectivity index (χ0n) is 9.58. The van der Waals surface area contributed by atoms with Gasteiger partial charge < -0.3 is 5.32 Å². The van der Waals surface area contributed by atoms with E-state index in [9.17, 15) is 8.42 Å². The van der Waals surface area contributed by atoms with Crippen molar-refractivity contribution in [3.05, 3.63) is 60.2 Å². The molecule has 0 saturated heterocycles. The maximum Gasteiger partial charge on any atom is 0.294 e. The molecule has 0 atom stereocenters. The smallest absolute Gasteiger partial charge is 0.294 e. The first kappa shape index (κ1) is 12.6. The summed E-state index contributed by atoms with van der Waals surface area (Å²) in [4.78, 5) is -0.111. The van der Waals surface area contributed by atoms with Gasteiger partial charge in [0.2, 0.25) is 0 Å². The average Bonchev–Trinajstić information content (AvgIpc) is 2.37. The summed E-state index contributed by atoms with van der Waals surface area (Å²) in [5.74, 6) is 0. The quantitative estimate of drug-likeness (QED) is 0.832. The minimum atomic E-state index is -4.15. The van der Waals surface area contributed by atoms with E-state index in [-0.39, 0.29) is 4.90 Å². The Bertz CT molecular complexity index is 624. The van der Waals surface area contributed by atoms with Gasteiger partial charge in [0, 0.05) is 12.2 Å². The summed E-state index contributed by atoms with van der Waals surface area (Å²) in [5.41, 5.74) is 1.74. The van der Waals surface area contributed by atoms with E-state index in [0.29, 0.717) is 12.2 Å². The molecule has 0 aliphatic rings. The third-order valence-corrected chi connectivity index (χ3v) is 3.32. The molecule has 94 valence electrons. The zero-order valence-corrected chi connectivity index (χ0v) is 10.4. The van der Waals surface area contributed by atoms with Gasteiger partial charge in [-0.1, -0.05) is 36.4 Å². The molecule has 0 bridgehead atoms. The molecule has 18 heavy (non-hydrogen) atoms. The third kappa shape index (κ3) is 3.32. The number of benzene rings is 2. The van der Waals surface area contributed by atoms with Gasteiger partial charge in [0.25, 0.3) is 10.1 Å². The van der Waals surface area contributed by atoms with E-state index < -0.39 is 10.1 Å². The molecule has 0 radical (unpaired) electrons. The number of rotatable bonds is 4. The van der Waals surface area contributed by atoms with Crippen LogP contribution < -0.4 is 5.32 Å². The molecular formula is C13H13NO3S. The van der Waals surface area contributed by atoms with Crippen LogP contribution in [0.4, 0.5) is 5.69 Å². The monoisotopic (exact) mass is 263 g/mol. The van der Waals surface area contributed by atoms with Gasteiger partial charge in [0.15, 0.2) is 0 Å². The van der Waals surface area contributed by atoms with Gasteiger partial charge >= 0.3 is 0 Å². The highest BCUT2D eigenvalue weighted by molar-refractivity contribution is 7.85. The lowest BCUT2D eigenvalue weighted by atomic mass is 10.2. The van der Waals surface area contributed by atoms with Gasteiger partial charge in [0.1, 0.15) is 0 Å². The van der Waals surface area contributed by atoms with Gasteiger partial charge in [-0.05, 0) is 23.8 Å². The minimum absolute atomic E-state index is 0.111. The Morgan fingerprint density at radius 2 is 1.72 bits per heavy atom. The molecule has 0 unspecified atom stereocenters. The lowest BCUT2D eigenvalue weighted by Crippen LogP contribution is -2.02. The summed E-state index contributed by atoms with van der Waals surface area (Å²) >= 11 is 0. The highest BCUT2D eigenvalue weighted by Crippen LogP contribution is 2.15. The van der Waals surface area contributed by atoms with Crippen molar-refractivity contribution in [1.29, 1.82) is 0 Å². The Hall–Kier alpha value is -1.85. The van der Waals surface area contributed by atoms with E-state index in [0.717, 1.165) is 5.56 Å². The van der Waals surface area contributed by atoms with E-state index in [2.05, 4.69) is 5.32 Å². The van der Waals surface area contributed by atoms with Crippen molar-refractivity contribution in [2.24, 2.45) is 0 Å². The summed E-state index contributed by atoms with van der Waals surface area (Å²) < 4.78 is 30.9. The van der Waals surface area contributed by atoms with E-state index in [1.807, 2.05) is 30.3 Å². The standard InChI is InChI=1S/C13H13NO3S/c15-18(16,17)13-8-4-7-12(9-13)14-10-11-5-2-1-3-6-11/h1-9,14H,10H2,(H,15,16,17). The first-order valence-electron chi connectivity index (χ1n) is 5.41. The lowest BCUT2D eigenvalue weighted by molar-refractivity contribution is 0.483. The average molecular weight is 263 g/mol. The number of nitrogens with one attached hydrogen (secondary N) is 1. The SMILES string of the molecule is O=S(=O)(O)c1cccc(NCc2ccccc2)c1. The summed E-state index contributed by atoms with van der Waals surface area (Å²) in [7, 11) is -4.15. The molecular weight excluding hydrogens is 250 g/mol. The molecule has 2 rings (SSSR count). The molecule has 0 heterocycles. The van der Waals surface area contributed by atoms with E-state index in [1.165, 1.54) is 12.1 Å². The maximum atomic E-state index is 11.0. The van der Waals surface area contributed by atoms with Crippen molar-refractivity contribution in [3.63, 3.8) is 0 Å². The zero-order chi connectivity index (χ0) is 13.0. The highest BCUT2D eigenvalue weighted by atomic mass is 32.2. The molecule has 5 heteroatoms.